The van der Waals surface area contributed by atoms with Gasteiger partial charge in [-0.15, -0.1) is 12.4 Å². The summed E-state index contributed by atoms with van der Waals surface area (Å²) in [6.45, 7) is 5.60. The van der Waals surface area contributed by atoms with E-state index < -0.39 is 0 Å². The Morgan fingerprint density at radius 1 is 0.960 bits per heavy atom. The summed E-state index contributed by atoms with van der Waals surface area (Å²) in [5, 5.41) is 0. The minimum absolute atomic E-state index is 0. The summed E-state index contributed by atoms with van der Waals surface area (Å²) in [4.78, 5) is 11.9. The van der Waals surface area contributed by atoms with Gasteiger partial charge < -0.3 is 10.5 Å². The van der Waals surface area contributed by atoms with E-state index in [0.29, 0.717) is 6.42 Å². The van der Waals surface area contributed by atoms with Gasteiger partial charge in [0.15, 0.2) is 0 Å². The van der Waals surface area contributed by atoms with E-state index in [-0.39, 0.29) is 36.4 Å². The van der Waals surface area contributed by atoms with Gasteiger partial charge in [0.1, 0.15) is 0 Å². The van der Waals surface area contributed by atoms with E-state index in [1.54, 1.807) is 0 Å². The van der Waals surface area contributed by atoms with Gasteiger partial charge in [-0.05, 0) is 43.4 Å². The SMILES string of the molecule is CC(C)OC(=O)C(C)CC(N)Cc1ccc(-c2ccccc2)cc1.Cl. The van der Waals surface area contributed by atoms with Gasteiger partial charge in [-0.1, -0.05) is 61.5 Å². The number of ether oxygens (including phenoxy) is 1. The molecule has 4 heteroatoms. The van der Waals surface area contributed by atoms with Crippen LogP contribution in [0, 0.1) is 5.92 Å². The Morgan fingerprint density at radius 3 is 2.08 bits per heavy atom. The highest BCUT2D eigenvalue weighted by Gasteiger charge is 2.19. The maximum absolute atomic E-state index is 11.9. The minimum atomic E-state index is -0.175. The van der Waals surface area contributed by atoms with Gasteiger partial charge in [-0.3, -0.25) is 4.79 Å². The predicted molar refractivity (Wildman–Crippen MR) is 106 cm³/mol. The number of rotatable bonds is 7. The molecule has 136 valence electrons. The molecule has 2 aromatic rings. The third kappa shape index (κ3) is 6.89. The van der Waals surface area contributed by atoms with Crippen molar-refractivity contribution in [2.24, 2.45) is 11.7 Å². The zero-order valence-electron chi connectivity index (χ0n) is 15.1. The summed E-state index contributed by atoms with van der Waals surface area (Å²) in [6, 6.07) is 18.7. The monoisotopic (exact) mass is 361 g/mol. The molecule has 25 heavy (non-hydrogen) atoms. The fourth-order valence-corrected chi connectivity index (χ4v) is 2.75. The molecule has 0 heterocycles. The number of benzene rings is 2. The average Bonchev–Trinajstić information content (AvgIpc) is 2.55. The second kappa shape index (κ2) is 10.2. The fourth-order valence-electron chi connectivity index (χ4n) is 2.75. The molecule has 0 bridgehead atoms. The molecule has 3 nitrogen and oxygen atoms in total. The second-order valence-electron chi connectivity index (χ2n) is 6.65. The average molecular weight is 362 g/mol. The molecule has 0 spiro atoms. The summed E-state index contributed by atoms with van der Waals surface area (Å²) < 4.78 is 5.23. The van der Waals surface area contributed by atoms with Crippen LogP contribution in [0.3, 0.4) is 0 Å². The maximum Gasteiger partial charge on any atom is 0.308 e. The first kappa shape index (κ1) is 21.2. The molecule has 0 aliphatic carbocycles. The number of nitrogens with two attached hydrogens (primary N) is 1. The van der Waals surface area contributed by atoms with Gasteiger partial charge in [0.25, 0.3) is 0 Å². The molecule has 0 saturated carbocycles. The molecule has 2 aromatic carbocycles. The third-order valence-electron chi connectivity index (χ3n) is 3.97. The Hall–Kier alpha value is -1.84. The Bertz CT molecular complexity index is 641. The summed E-state index contributed by atoms with van der Waals surface area (Å²) in [5.41, 5.74) is 9.81. The molecular weight excluding hydrogens is 334 g/mol. The van der Waals surface area contributed by atoms with Crippen molar-refractivity contribution in [1.29, 1.82) is 0 Å². The molecule has 0 radical (unpaired) electrons. The van der Waals surface area contributed by atoms with E-state index in [2.05, 4.69) is 36.4 Å². The van der Waals surface area contributed by atoms with Crippen molar-refractivity contribution >= 4 is 18.4 Å². The van der Waals surface area contributed by atoms with Crippen LogP contribution in [-0.4, -0.2) is 18.1 Å². The van der Waals surface area contributed by atoms with E-state index >= 15 is 0 Å². The lowest BCUT2D eigenvalue weighted by molar-refractivity contribution is -0.152. The van der Waals surface area contributed by atoms with Crippen LogP contribution in [0.2, 0.25) is 0 Å². The van der Waals surface area contributed by atoms with Crippen LogP contribution < -0.4 is 5.73 Å². The number of esters is 1. The Morgan fingerprint density at radius 2 is 1.52 bits per heavy atom. The fraction of sp³-hybridized carbons (Fsp3) is 0.381. The third-order valence-corrected chi connectivity index (χ3v) is 3.97. The van der Waals surface area contributed by atoms with Crippen molar-refractivity contribution in [3.05, 3.63) is 60.2 Å². The maximum atomic E-state index is 11.9. The zero-order valence-corrected chi connectivity index (χ0v) is 16.0. The van der Waals surface area contributed by atoms with Gasteiger partial charge in [0, 0.05) is 6.04 Å². The molecular formula is C21H28ClNO2. The Balaban J connectivity index is 0.00000312. The van der Waals surface area contributed by atoms with E-state index in [0.717, 1.165) is 6.42 Å². The Labute approximate surface area is 157 Å². The van der Waals surface area contributed by atoms with Crippen molar-refractivity contribution in [3.63, 3.8) is 0 Å². The smallest absolute Gasteiger partial charge is 0.308 e. The first-order valence-electron chi connectivity index (χ1n) is 8.56. The molecule has 2 N–H and O–H groups in total. The molecule has 0 fully saturated rings. The van der Waals surface area contributed by atoms with Crippen molar-refractivity contribution in [1.82, 2.24) is 0 Å². The lowest BCUT2D eigenvalue weighted by Gasteiger charge is -2.18. The Kier molecular flexibility index (Phi) is 8.67. The lowest BCUT2D eigenvalue weighted by atomic mass is 9.95. The molecule has 2 unspecified atom stereocenters. The summed E-state index contributed by atoms with van der Waals surface area (Å²) in [6.07, 6.45) is 1.31. The summed E-state index contributed by atoms with van der Waals surface area (Å²) in [5.74, 6) is -0.342. The predicted octanol–water partition coefficient (Wildman–Crippen LogP) is 4.62. The highest BCUT2D eigenvalue weighted by atomic mass is 35.5. The zero-order chi connectivity index (χ0) is 17.5. The van der Waals surface area contributed by atoms with Crippen LogP contribution in [0.25, 0.3) is 11.1 Å². The van der Waals surface area contributed by atoms with Gasteiger partial charge in [-0.25, -0.2) is 0 Å². The van der Waals surface area contributed by atoms with Crippen LogP contribution in [0.4, 0.5) is 0 Å². The molecule has 2 rings (SSSR count). The van der Waals surface area contributed by atoms with Crippen LogP contribution in [0.5, 0.6) is 0 Å². The highest BCUT2D eigenvalue weighted by Crippen LogP contribution is 2.20. The van der Waals surface area contributed by atoms with Crippen LogP contribution >= 0.6 is 12.4 Å². The van der Waals surface area contributed by atoms with Crippen LogP contribution in [0.15, 0.2) is 54.6 Å². The van der Waals surface area contributed by atoms with Crippen molar-refractivity contribution < 1.29 is 9.53 Å². The number of hydrogen-bond donors (Lipinski definition) is 1. The molecule has 0 aromatic heterocycles. The quantitative estimate of drug-likeness (QED) is 0.732. The number of halogens is 1. The van der Waals surface area contributed by atoms with E-state index in [9.17, 15) is 4.79 Å². The summed E-state index contributed by atoms with van der Waals surface area (Å²) in [7, 11) is 0. The van der Waals surface area contributed by atoms with Crippen LogP contribution in [0.1, 0.15) is 32.8 Å². The largest absolute Gasteiger partial charge is 0.463 e. The summed E-state index contributed by atoms with van der Waals surface area (Å²) >= 11 is 0. The van der Waals surface area contributed by atoms with Crippen molar-refractivity contribution in [2.75, 3.05) is 0 Å². The second-order valence-corrected chi connectivity index (χ2v) is 6.65. The molecule has 2 atom stereocenters. The standard InChI is InChI=1S/C21H27NO2.ClH/c1-15(2)24-21(23)16(3)13-20(22)14-17-9-11-19(12-10-17)18-7-5-4-6-8-18;/h4-12,15-16,20H,13-14,22H2,1-3H3;1H. The molecule has 0 amide bonds. The topological polar surface area (TPSA) is 52.3 Å². The van der Waals surface area contributed by atoms with E-state index in [4.69, 9.17) is 10.5 Å². The minimum Gasteiger partial charge on any atom is -0.463 e. The van der Waals surface area contributed by atoms with Gasteiger partial charge in [-0.2, -0.15) is 0 Å². The van der Waals surface area contributed by atoms with Gasteiger partial charge >= 0.3 is 5.97 Å². The van der Waals surface area contributed by atoms with Crippen molar-refractivity contribution in [2.45, 2.75) is 45.8 Å². The highest BCUT2D eigenvalue weighted by molar-refractivity contribution is 5.85. The number of carbonyl (C=O) groups is 1. The lowest BCUT2D eigenvalue weighted by Crippen LogP contribution is -2.29. The number of carbonyl (C=O) groups excluding carboxylic acids is 1. The molecule has 0 aliphatic heterocycles. The molecule has 0 aliphatic rings. The van der Waals surface area contributed by atoms with E-state index in [1.807, 2.05) is 39.0 Å². The first-order valence-corrected chi connectivity index (χ1v) is 8.56. The van der Waals surface area contributed by atoms with Gasteiger partial charge in [0.2, 0.25) is 0 Å². The first-order chi connectivity index (χ1) is 11.5. The normalized spacial score (nSPS) is 13.0. The van der Waals surface area contributed by atoms with Crippen LogP contribution in [-0.2, 0) is 16.0 Å². The van der Waals surface area contributed by atoms with Crippen molar-refractivity contribution in [3.8, 4) is 11.1 Å². The van der Waals surface area contributed by atoms with E-state index in [1.165, 1.54) is 16.7 Å². The molecule has 0 saturated heterocycles. The number of hydrogen-bond acceptors (Lipinski definition) is 3. The van der Waals surface area contributed by atoms with Gasteiger partial charge in [0.05, 0.1) is 12.0 Å².